The summed E-state index contributed by atoms with van der Waals surface area (Å²) in [5, 5.41) is 13.9. The van der Waals surface area contributed by atoms with Crippen LogP contribution in [-0.2, 0) is 23.5 Å². The monoisotopic (exact) mass is 349 g/mol. The van der Waals surface area contributed by atoms with Crippen molar-refractivity contribution in [1.82, 2.24) is 14.8 Å². The van der Waals surface area contributed by atoms with Crippen molar-refractivity contribution in [3.05, 3.63) is 36.2 Å². The fraction of sp³-hybridized carbons (Fsp3) is 0.385. The van der Waals surface area contributed by atoms with Crippen LogP contribution < -0.4 is 4.74 Å². The van der Waals surface area contributed by atoms with Gasteiger partial charge < -0.3 is 9.84 Å². The summed E-state index contributed by atoms with van der Waals surface area (Å²) >= 11 is 0. The van der Waals surface area contributed by atoms with Crippen LogP contribution >= 0.6 is 0 Å². The van der Waals surface area contributed by atoms with Gasteiger partial charge in [-0.1, -0.05) is 6.07 Å². The third-order valence-corrected chi connectivity index (χ3v) is 3.48. The first-order chi connectivity index (χ1) is 10.8. The van der Waals surface area contributed by atoms with Crippen molar-refractivity contribution in [2.75, 3.05) is 12.9 Å². The molecule has 10 heteroatoms. The topological polar surface area (TPSA) is 77.2 Å². The van der Waals surface area contributed by atoms with Crippen LogP contribution in [0.5, 0.6) is 5.75 Å². The van der Waals surface area contributed by atoms with Gasteiger partial charge in [-0.05, 0) is 18.2 Å². The normalized spacial score (nSPS) is 14.5. The predicted molar refractivity (Wildman–Crippen MR) is 75.3 cm³/mol. The number of alkyl halides is 3. The number of hydrogen-bond donors (Lipinski definition) is 1. The fourth-order valence-corrected chi connectivity index (χ4v) is 2.14. The molecule has 0 aliphatic rings. The van der Waals surface area contributed by atoms with Gasteiger partial charge in [0.15, 0.2) is 0 Å². The molecule has 1 N–H and O–H groups in total. The molecule has 0 saturated heterocycles. The van der Waals surface area contributed by atoms with Crippen molar-refractivity contribution in [1.29, 1.82) is 0 Å². The zero-order valence-corrected chi connectivity index (χ0v) is 12.8. The highest BCUT2D eigenvalue weighted by atomic mass is 32.2. The maximum Gasteiger partial charge on any atom is 0.416 e. The van der Waals surface area contributed by atoms with Gasteiger partial charge in [0.2, 0.25) is 5.16 Å². The summed E-state index contributed by atoms with van der Waals surface area (Å²) in [5.41, 5.74) is -0.823. The molecule has 1 aromatic carbocycles. The van der Waals surface area contributed by atoms with Gasteiger partial charge in [0.25, 0.3) is 0 Å². The molecule has 2 rings (SSSR count). The Balaban J connectivity index is 1.91. The van der Waals surface area contributed by atoms with Gasteiger partial charge >= 0.3 is 6.18 Å². The molecular weight excluding hydrogens is 335 g/mol. The summed E-state index contributed by atoms with van der Waals surface area (Å²) in [5.74, 6) is 0.00724. The lowest BCUT2D eigenvalue weighted by atomic mass is 10.2. The zero-order chi connectivity index (χ0) is 17.0. The van der Waals surface area contributed by atoms with Crippen LogP contribution in [0, 0.1) is 0 Å². The number of aromatic nitrogens is 3. The molecule has 2 aromatic rings. The molecule has 1 aromatic heterocycles. The second-order valence-electron chi connectivity index (χ2n) is 4.69. The summed E-state index contributed by atoms with van der Waals surface area (Å²) in [7, 11) is -1.33. The molecular formula is C13H14F3N3O3S. The molecule has 23 heavy (non-hydrogen) atoms. The Morgan fingerprint density at radius 1 is 1.43 bits per heavy atom. The first kappa shape index (κ1) is 17.4. The third-order valence-electron chi connectivity index (χ3n) is 2.77. The van der Waals surface area contributed by atoms with E-state index in [2.05, 4.69) is 10.1 Å². The number of aliphatic hydroxyl groups is 1. The average Bonchev–Trinajstić information content (AvgIpc) is 2.93. The summed E-state index contributed by atoms with van der Waals surface area (Å²) in [6.45, 7) is -0.200. The van der Waals surface area contributed by atoms with E-state index in [4.69, 9.17) is 4.74 Å². The molecule has 0 aliphatic carbocycles. The number of rotatable bonds is 6. The van der Waals surface area contributed by atoms with E-state index in [9.17, 15) is 22.5 Å². The molecule has 0 radical (unpaired) electrons. The van der Waals surface area contributed by atoms with Crippen LogP contribution in [0.1, 0.15) is 5.56 Å². The largest absolute Gasteiger partial charge is 0.491 e. The highest BCUT2D eigenvalue weighted by molar-refractivity contribution is 7.84. The summed E-state index contributed by atoms with van der Waals surface area (Å²) in [6, 6.07) is 4.40. The molecule has 0 fully saturated rings. The Kier molecular flexibility index (Phi) is 5.37. The van der Waals surface area contributed by atoms with E-state index >= 15 is 0 Å². The second kappa shape index (κ2) is 7.09. The smallest absolute Gasteiger partial charge is 0.416 e. The lowest BCUT2D eigenvalue weighted by Crippen LogP contribution is -2.24. The van der Waals surface area contributed by atoms with Gasteiger partial charge in [-0.15, -0.1) is 5.10 Å². The van der Waals surface area contributed by atoms with Crippen LogP contribution in [0.4, 0.5) is 13.2 Å². The number of nitrogens with zero attached hydrogens (tertiary/aromatic N) is 3. The van der Waals surface area contributed by atoms with Crippen LogP contribution in [-0.4, -0.2) is 43.0 Å². The zero-order valence-electron chi connectivity index (χ0n) is 12.0. The molecule has 1 heterocycles. The highest BCUT2D eigenvalue weighted by Gasteiger charge is 2.30. The van der Waals surface area contributed by atoms with E-state index in [1.54, 1.807) is 0 Å². The third kappa shape index (κ3) is 5.03. The lowest BCUT2D eigenvalue weighted by Gasteiger charge is -2.13. The Bertz CT molecular complexity index is 690. The standard InChI is InChI=1S/C13H14F3N3O3S/c1-23(21)12-17-8-19(18-12)6-10(20)7-22-11-4-2-3-9(5-11)13(14,15)16/h2-5,8,10,20H,6-7H2,1H3. The summed E-state index contributed by atoms with van der Waals surface area (Å²) in [4.78, 5) is 3.80. The summed E-state index contributed by atoms with van der Waals surface area (Å²) < 4.78 is 55.3. The van der Waals surface area contributed by atoms with Crippen molar-refractivity contribution in [2.45, 2.75) is 24.0 Å². The van der Waals surface area contributed by atoms with Gasteiger partial charge in [0.05, 0.1) is 22.9 Å². The Morgan fingerprint density at radius 3 is 2.78 bits per heavy atom. The molecule has 0 spiro atoms. The van der Waals surface area contributed by atoms with Crippen molar-refractivity contribution in [3.63, 3.8) is 0 Å². The van der Waals surface area contributed by atoms with E-state index in [1.807, 2.05) is 0 Å². The van der Waals surface area contributed by atoms with Crippen LogP contribution in [0.15, 0.2) is 35.7 Å². The van der Waals surface area contributed by atoms with Crippen molar-refractivity contribution < 1.29 is 27.2 Å². The molecule has 2 unspecified atom stereocenters. The van der Waals surface area contributed by atoms with Crippen LogP contribution in [0.25, 0.3) is 0 Å². The van der Waals surface area contributed by atoms with E-state index in [1.165, 1.54) is 29.4 Å². The molecule has 6 nitrogen and oxygen atoms in total. The van der Waals surface area contributed by atoms with Crippen molar-refractivity contribution in [2.24, 2.45) is 0 Å². The molecule has 126 valence electrons. The molecule has 0 bridgehead atoms. The average molecular weight is 349 g/mol. The minimum absolute atomic E-state index is 0.00724. The van der Waals surface area contributed by atoms with Gasteiger partial charge in [0.1, 0.15) is 24.8 Å². The number of benzene rings is 1. The molecule has 0 amide bonds. The van der Waals surface area contributed by atoms with E-state index in [0.717, 1.165) is 12.1 Å². The Morgan fingerprint density at radius 2 is 2.17 bits per heavy atom. The molecule has 0 aliphatic heterocycles. The van der Waals surface area contributed by atoms with Gasteiger partial charge in [-0.2, -0.15) is 13.2 Å². The van der Waals surface area contributed by atoms with Crippen molar-refractivity contribution in [3.8, 4) is 5.75 Å². The first-order valence-electron chi connectivity index (χ1n) is 6.46. The minimum atomic E-state index is -4.45. The van der Waals surface area contributed by atoms with Crippen molar-refractivity contribution >= 4 is 10.8 Å². The highest BCUT2D eigenvalue weighted by Crippen LogP contribution is 2.31. The minimum Gasteiger partial charge on any atom is -0.491 e. The maximum atomic E-state index is 12.6. The quantitative estimate of drug-likeness (QED) is 0.855. The maximum absolute atomic E-state index is 12.6. The van der Waals surface area contributed by atoms with E-state index in [-0.39, 0.29) is 24.1 Å². The van der Waals surface area contributed by atoms with Crippen LogP contribution in [0.2, 0.25) is 0 Å². The predicted octanol–water partition coefficient (Wildman–Crippen LogP) is 1.47. The number of aliphatic hydroxyl groups excluding tert-OH is 1. The molecule has 2 atom stereocenters. The van der Waals surface area contributed by atoms with E-state index < -0.39 is 28.6 Å². The van der Waals surface area contributed by atoms with Gasteiger partial charge in [0, 0.05) is 6.26 Å². The lowest BCUT2D eigenvalue weighted by molar-refractivity contribution is -0.137. The Hall–Kier alpha value is -1.94. The summed E-state index contributed by atoms with van der Waals surface area (Å²) in [6.07, 6.45) is -2.73. The number of hydrogen-bond acceptors (Lipinski definition) is 5. The van der Waals surface area contributed by atoms with E-state index in [0.29, 0.717) is 0 Å². The first-order valence-corrected chi connectivity index (χ1v) is 8.02. The SMILES string of the molecule is CS(=O)c1ncn(CC(O)COc2cccc(C(F)(F)F)c2)n1. The fourth-order valence-electron chi connectivity index (χ4n) is 1.72. The van der Waals surface area contributed by atoms with Crippen LogP contribution in [0.3, 0.4) is 0 Å². The number of halogens is 3. The second-order valence-corrected chi connectivity index (χ2v) is 5.97. The Labute approximate surface area is 132 Å². The van der Waals surface area contributed by atoms with Gasteiger partial charge in [-0.3, -0.25) is 4.21 Å². The van der Waals surface area contributed by atoms with Gasteiger partial charge in [-0.25, -0.2) is 9.67 Å². The number of ether oxygens (including phenoxy) is 1. The molecule has 0 saturated carbocycles.